The Hall–Kier alpha value is -3.15. The Morgan fingerprint density at radius 3 is 2.61 bits per heavy atom. The molecule has 1 aliphatic rings. The predicted octanol–water partition coefficient (Wildman–Crippen LogP) is 1.40. The van der Waals surface area contributed by atoms with Gasteiger partial charge in [0.15, 0.2) is 17.6 Å². The van der Waals surface area contributed by atoms with Gasteiger partial charge in [0.2, 0.25) is 0 Å². The van der Waals surface area contributed by atoms with Crippen molar-refractivity contribution < 1.29 is 28.9 Å². The molecule has 0 aliphatic carbocycles. The van der Waals surface area contributed by atoms with Gasteiger partial charge < -0.3 is 15.3 Å². The number of hydrogen-bond donors (Lipinski definition) is 1. The number of nitrogens with zero attached hydrogens (tertiary/aromatic N) is 3. The van der Waals surface area contributed by atoms with Crippen LogP contribution >= 0.6 is 11.8 Å². The number of amides is 2. The third kappa shape index (κ3) is 6.23. The molecule has 0 aromatic heterocycles. The molecule has 0 spiro atoms. The van der Waals surface area contributed by atoms with Crippen molar-refractivity contribution in [1.82, 2.24) is 4.90 Å². The number of thioether (sulfide) groups is 1. The van der Waals surface area contributed by atoms with E-state index >= 15 is 0 Å². The van der Waals surface area contributed by atoms with Crippen molar-refractivity contribution in [2.45, 2.75) is 25.2 Å². The van der Waals surface area contributed by atoms with Gasteiger partial charge in [-0.25, -0.2) is 4.79 Å². The normalized spacial score (nSPS) is 17.4. The van der Waals surface area contributed by atoms with E-state index in [0.717, 1.165) is 11.8 Å². The van der Waals surface area contributed by atoms with Crippen LogP contribution in [0.15, 0.2) is 29.4 Å². The van der Waals surface area contributed by atoms with Crippen molar-refractivity contribution in [3.05, 3.63) is 39.9 Å². The standard InChI is InChI=1S/C16H18N4O7S/c1-10(21)28-13-6-15(18-27-9-14(17)22)19(7-13)16(23)26-8-11-2-4-12(5-3-11)20(24)25/h2-5,13H,6-9H2,1H3,(H2,17,22)/t13-/m0/s1. The van der Waals surface area contributed by atoms with Gasteiger partial charge in [-0.15, -0.1) is 0 Å². The van der Waals surface area contributed by atoms with Gasteiger partial charge in [-0.05, 0) is 17.7 Å². The molecule has 1 heterocycles. The molecule has 1 aromatic rings. The second-order valence-corrected chi connectivity index (χ2v) is 7.25. The molecule has 0 bridgehead atoms. The lowest BCUT2D eigenvalue weighted by Gasteiger charge is -2.16. The van der Waals surface area contributed by atoms with E-state index in [0.29, 0.717) is 5.56 Å². The number of rotatable bonds is 7. The van der Waals surface area contributed by atoms with Crippen LogP contribution in [0.3, 0.4) is 0 Å². The Balaban J connectivity index is 2.01. The van der Waals surface area contributed by atoms with Gasteiger partial charge in [0.05, 0.1) is 4.92 Å². The molecule has 0 saturated carbocycles. The minimum atomic E-state index is -0.718. The summed E-state index contributed by atoms with van der Waals surface area (Å²) < 4.78 is 5.22. The van der Waals surface area contributed by atoms with Crippen molar-refractivity contribution in [2.75, 3.05) is 13.2 Å². The fraction of sp³-hybridized carbons (Fsp3) is 0.375. The van der Waals surface area contributed by atoms with Crippen LogP contribution in [0.5, 0.6) is 0 Å². The first-order valence-electron chi connectivity index (χ1n) is 8.08. The lowest BCUT2D eigenvalue weighted by Crippen LogP contribution is -2.33. The summed E-state index contributed by atoms with van der Waals surface area (Å²) in [6.07, 6.45) is -0.443. The molecule has 0 radical (unpaired) electrons. The summed E-state index contributed by atoms with van der Waals surface area (Å²) in [5, 5.41) is 14.1. The number of nitro benzene ring substituents is 1. The average Bonchev–Trinajstić information content (AvgIpc) is 3.01. The highest BCUT2D eigenvalue weighted by molar-refractivity contribution is 8.14. The van der Waals surface area contributed by atoms with Crippen LogP contribution in [-0.2, 0) is 25.8 Å². The zero-order chi connectivity index (χ0) is 20.7. The lowest BCUT2D eigenvalue weighted by atomic mass is 10.2. The highest BCUT2D eigenvalue weighted by Gasteiger charge is 2.35. The maximum Gasteiger partial charge on any atom is 0.415 e. The number of hydrogen-bond acceptors (Lipinski definition) is 9. The third-order valence-electron chi connectivity index (χ3n) is 3.55. The number of nitro groups is 1. The Labute approximate surface area is 164 Å². The second kappa shape index (κ2) is 9.69. The zero-order valence-electron chi connectivity index (χ0n) is 14.9. The lowest BCUT2D eigenvalue weighted by molar-refractivity contribution is -0.384. The largest absolute Gasteiger partial charge is 0.444 e. The topological polar surface area (TPSA) is 154 Å². The van der Waals surface area contributed by atoms with Crippen LogP contribution in [0.1, 0.15) is 18.9 Å². The molecular weight excluding hydrogens is 392 g/mol. The molecule has 1 atom stereocenters. The molecule has 11 nitrogen and oxygen atoms in total. The Bertz CT molecular complexity index is 797. The second-order valence-electron chi connectivity index (χ2n) is 5.77. The van der Waals surface area contributed by atoms with Crippen LogP contribution in [0.25, 0.3) is 0 Å². The molecule has 2 amide bonds. The minimum absolute atomic E-state index is 0.0697. The number of primary amides is 1. The van der Waals surface area contributed by atoms with E-state index in [1.807, 2.05) is 0 Å². The van der Waals surface area contributed by atoms with Crippen molar-refractivity contribution in [3.63, 3.8) is 0 Å². The van der Waals surface area contributed by atoms with Crippen molar-refractivity contribution in [1.29, 1.82) is 0 Å². The summed E-state index contributed by atoms with van der Waals surface area (Å²) in [5.74, 6) is -0.502. The van der Waals surface area contributed by atoms with Crippen LogP contribution in [0.2, 0.25) is 0 Å². The van der Waals surface area contributed by atoms with Crippen molar-refractivity contribution in [3.8, 4) is 0 Å². The van der Waals surface area contributed by atoms with E-state index in [1.54, 1.807) is 0 Å². The molecule has 150 valence electrons. The molecule has 2 rings (SSSR count). The first-order chi connectivity index (χ1) is 13.3. The van der Waals surface area contributed by atoms with Crippen molar-refractivity contribution in [2.24, 2.45) is 10.9 Å². The molecular formula is C16H18N4O7S. The van der Waals surface area contributed by atoms with E-state index in [9.17, 15) is 24.5 Å². The van der Waals surface area contributed by atoms with E-state index < -0.39 is 23.5 Å². The van der Waals surface area contributed by atoms with Gasteiger partial charge in [-0.2, -0.15) is 0 Å². The number of benzene rings is 1. The molecule has 1 aromatic carbocycles. The van der Waals surface area contributed by atoms with E-state index in [4.69, 9.17) is 15.3 Å². The summed E-state index contributed by atoms with van der Waals surface area (Å²) in [7, 11) is 0. The van der Waals surface area contributed by atoms with Gasteiger partial charge in [0, 0.05) is 37.3 Å². The highest BCUT2D eigenvalue weighted by Crippen LogP contribution is 2.26. The zero-order valence-corrected chi connectivity index (χ0v) is 15.7. The Morgan fingerprint density at radius 2 is 2.04 bits per heavy atom. The minimum Gasteiger partial charge on any atom is -0.444 e. The SMILES string of the molecule is CC(=O)S[C@H]1CC(=NOCC(N)=O)N(C(=O)OCc2ccc([N+](=O)[O-])cc2)C1. The first kappa shape index (κ1) is 21.2. The molecule has 12 heteroatoms. The van der Waals surface area contributed by atoms with Crippen LogP contribution in [0, 0.1) is 10.1 Å². The van der Waals surface area contributed by atoms with Crippen LogP contribution in [-0.4, -0.2) is 51.2 Å². The van der Waals surface area contributed by atoms with Gasteiger partial charge >= 0.3 is 6.09 Å². The molecule has 1 aliphatic heterocycles. The molecule has 0 unspecified atom stereocenters. The summed E-state index contributed by atoms with van der Waals surface area (Å²) in [4.78, 5) is 50.6. The quantitative estimate of drug-likeness (QED) is 0.522. The number of nitrogens with two attached hydrogens (primary N) is 1. The summed E-state index contributed by atoms with van der Waals surface area (Å²) in [6.45, 7) is 1.05. The van der Waals surface area contributed by atoms with Crippen molar-refractivity contribution >= 4 is 40.4 Å². The first-order valence-corrected chi connectivity index (χ1v) is 8.96. The molecule has 1 fully saturated rings. The fourth-order valence-corrected chi connectivity index (χ4v) is 3.30. The number of likely N-dealkylation sites (tertiary alicyclic amines) is 1. The third-order valence-corrected chi connectivity index (χ3v) is 4.53. The summed E-state index contributed by atoms with van der Waals surface area (Å²) in [5.41, 5.74) is 5.47. The Kier molecular flexibility index (Phi) is 7.32. The smallest absolute Gasteiger partial charge is 0.415 e. The van der Waals surface area contributed by atoms with Gasteiger partial charge in [-0.1, -0.05) is 16.9 Å². The van der Waals surface area contributed by atoms with Gasteiger partial charge in [-0.3, -0.25) is 24.6 Å². The fourth-order valence-electron chi connectivity index (χ4n) is 2.37. The highest BCUT2D eigenvalue weighted by atomic mass is 32.2. The van der Waals surface area contributed by atoms with E-state index in [2.05, 4.69) is 5.16 Å². The van der Waals surface area contributed by atoms with Crippen LogP contribution < -0.4 is 5.73 Å². The van der Waals surface area contributed by atoms with E-state index in [-0.39, 0.29) is 41.5 Å². The average molecular weight is 410 g/mol. The predicted molar refractivity (Wildman–Crippen MR) is 99.2 cm³/mol. The number of non-ortho nitro benzene ring substituents is 1. The number of ether oxygens (including phenoxy) is 1. The van der Waals surface area contributed by atoms with Crippen LogP contribution in [0.4, 0.5) is 10.5 Å². The van der Waals surface area contributed by atoms with Gasteiger partial charge in [0.1, 0.15) is 6.61 Å². The molecule has 1 saturated heterocycles. The molecule has 28 heavy (non-hydrogen) atoms. The Morgan fingerprint density at radius 1 is 1.36 bits per heavy atom. The summed E-state index contributed by atoms with van der Waals surface area (Å²) >= 11 is 1.07. The van der Waals surface area contributed by atoms with Gasteiger partial charge in [0.25, 0.3) is 11.6 Å². The monoisotopic (exact) mass is 410 g/mol. The maximum absolute atomic E-state index is 12.4. The number of amidine groups is 1. The number of oxime groups is 1. The maximum atomic E-state index is 12.4. The number of carbonyl (C=O) groups excluding carboxylic acids is 3. The number of carbonyl (C=O) groups is 3. The summed E-state index contributed by atoms with van der Waals surface area (Å²) in [6, 6.07) is 5.58. The van der Waals surface area contributed by atoms with E-state index in [1.165, 1.54) is 36.1 Å². The molecule has 2 N–H and O–H groups in total.